The number of ketones is 1. The van der Waals surface area contributed by atoms with Gasteiger partial charge in [0.15, 0.2) is 5.78 Å². The van der Waals surface area contributed by atoms with Crippen molar-refractivity contribution < 1.29 is 9.53 Å². The first-order valence-corrected chi connectivity index (χ1v) is 10.8. The Morgan fingerprint density at radius 1 is 0.939 bits per heavy atom. The van der Waals surface area contributed by atoms with E-state index in [9.17, 15) is 15.3 Å². The lowest BCUT2D eigenvalue weighted by atomic mass is 9.74. The summed E-state index contributed by atoms with van der Waals surface area (Å²) in [7, 11) is 0. The molecule has 0 N–H and O–H groups in total. The molecule has 33 heavy (non-hydrogen) atoms. The fourth-order valence-electron chi connectivity index (χ4n) is 4.29. The molecule has 1 aliphatic heterocycles. The van der Waals surface area contributed by atoms with Crippen LogP contribution in [0.1, 0.15) is 29.0 Å². The summed E-state index contributed by atoms with van der Waals surface area (Å²) in [4.78, 5) is 13.0. The second kappa shape index (κ2) is 10.3. The molecule has 4 heteroatoms. The predicted octanol–water partition coefficient (Wildman–Crippen LogP) is 5.95. The van der Waals surface area contributed by atoms with Crippen molar-refractivity contribution in [2.75, 3.05) is 6.61 Å². The van der Waals surface area contributed by atoms with Crippen LogP contribution in [0.5, 0.6) is 5.75 Å². The third-order valence-corrected chi connectivity index (χ3v) is 5.86. The van der Waals surface area contributed by atoms with Gasteiger partial charge in [-0.05, 0) is 28.8 Å². The number of allylic oxidation sites excluding steroid dienone is 2. The molecule has 0 radical (unpaired) electrons. The van der Waals surface area contributed by atoms with Gasteiger partial charge in [0.25, 0.3) is 0 Å². The topological polar surface area (TPSA) is 73.9 Å². The molecule has 0 bridgehead atoms. The summed E-state index contributed by atoms with van der Waals surface area (Å²) < 4.78 is 6.04. The van der Waals surface area contributed by atoms with E-state index in [-0.39, 0.29) is 36.2 Å². The van der Waals surface area contributed by atoms with E-state index in [0.29, 0.717) is 11.3 Å². The number of nitrogens with zero attached hydrogens (tertiary/aromatic N) is 2. The lowest BCUT2D eigenvalue weighted by Crippen LogP contribution is -2.28. The second-order valence-corrected chi connectivity index (χ2v) is 7.86. The van der Waals surface area contributed by atoms with Crippen molar-refractivity contribution in [1.29, 1.82) is 10.5 Å². The van der Waals surface area contributed by atoms with Crippen LogP contribution in [0.4, 0.5) is 0 Å². The summed E-state index contributed by atoms with van der Waals surface area (Å²) in [6.07, 6.45) is 3.64. The summed E-state index contributed by atoms with van der Waals surface area (Å²) in [5.41, 5.74) is 3.37. The number of fused-ring (bicyclic) bond motifs is 1. The third kappa shape index (κ3) is 4.92. The van der Waals surface area contributed by atoms with Crippen LogP contribution in [0, 0.1) is 28.6 Å². The van der Waals surface area contributed by atoms with Crippen molar-refractivity contribution in [3.63, 3.8) is 0 Å². The Morgan fingerprint density at radius 2 is 1.58 bits per heavy atom. The van der Waals surface area contributed by atoms with Gasteiger partial charge in [0.05, 0.1) is 6.61 Å². The van der Waals surface area contributed by atoms with Crippen molar-refractivity contribution in [2.45, 2.75) is 12.3 Å². The fourth-order valence-corrected chi connectivity index (χ4v) is 4.29. The van der Waals surface area contributed by atoms with Crippen molar-refractivity contribution in [3.05, 3.63) is 113 Å². The Labute approximate surface area is 193 Å². The van der Waals surface area contributed by atoms with Gasteiger partial charge < -0.3 is 4.74 Å². The van der Waals surface area contributed by atoms with Gasteiger partial charge in [-0.2, -0.15) is 10.5 Å². The number of hydrogen-bond donors (Lipinski definition) is 0. The molecule has 3 aromatic rings. The first kappa shape index (κ1) is 21.8. The van der Waals surface area contributed by atoms with E-state index in [1.807, 2.05) is 91.0 Å². The normalized spacial score (nSPS) is 15.6. The van der Waals surface area contributed by atoms with Crippen LogP contribution in [0.25, 0.3) is 11.6 Å². The molecule has 0 saturated heterocycles. The molecule has 0 amide bonds. The van der Waals surface area contributed by atoms with Crippen LogP contribution in [0.2, 0.25) is 0 Å². The Hall–Kier alpha value is -4.41. The number of hydrogen-bond acceptors (Lipinski definition) is 4. The molecule has 4 nitrogen and oxygen atoms in total. The average molecular weight is 431 g/mol. The quantitative estimate of drug-likeness (QED) is 0.358. The van der Waals surface area contributed by atoms with Gasteiger partial charge >= 0.3 is 0 Å². The highest BCUT2D eigenvalue weighted by atomic mass is 16.5. The van der Waals surface area contributed by atoms with Crippen molar-refractivity contribution in [3.8, 4) is 17.9 Å². The van der Waals surface area contributed by atoms with E-state index >= 15 is 0 Å². The van der Waals surface area contributed by atoms with Crippen molar-refractivity contribution >= 4 is 17.4 Å². The number of ether oxygens (including phenoxy) is 1. The molecule has 0 unspecified atom stereocenters. The first-order valence-electron chi connectivity index (χ1n) is 10.8. The largest absolute Gasteiger partial charge is 0.492 e. The number of carbonyl (C=O) groups is 1. The lowest BCUT2D eigenvalue weighted by molar-refractivity contribution is -0.115. The van der Waals surface area contributed by atoms with Gasteiger partial charge in [-0.15, -0.1) is 0 Å². The number of benzene rings is 3. The number of carbonyl (C=O) groups excluding carboxylic acids is 1. The van der Waals surface area contributed by atoms with Crippen LogP contribution in [-0.2, 0) is 4.79 Å². The van der Waals surface area contributed by atoms with E-state index in [2.05, 4.69) is 12.1 Å². The molecule has 0 spiro atoms. The summed E-state index contributed by atoms with van der Waals surface area (Å²) in [5, 5.41) is 19.4. The van der Waals surface area contributed by atoms with Crippen LogP contribution in [0.3, 0.4) is 0 Å². The van der Waals surface area contributed by atoms with Gasteiger partial charge in [0.2, 0.25) is 0 Å². The van der Waals surface area contributed by atoms with Gasteiger partial charge in [0, 0.05) is 23.8 Å². The minimum Gasteiger partial charge on any atom is -0.492 e. The molecular weight excluding hydrogens is 408 g/mol. The highest BCUT2D eigenvalue weighted by Crippen LogP contribution is 2.45. The Bertz CT molecular complexity index is 1260. The van der Waals surface area contributed by atoms with Crippen LogP contribution >= 0.6 is 0 Å². The Kier molecular flexibility index (Phi) is 6.78. The zero-order valence-corrected chi connectivity index (χ0v) is 18.0. The fraction of sp³-hybridized carbons (Fsp3) is 0.138. The minimum absolute atomic E-state index is 0.0265. The van der Waals surface area contributed by atoms with Crippen molar-refractivity contribution in [2.24, 2.45) is 5.92 Å². The van der Waals surface area contributed by atoms with Crippen molar-refractivity contribution in [1.82, 2.24) is 0 Å². The maximum atomic E-state index is 13.0. The summed E-state index contributed by atoms with van der Waals surface area (Å²) >= 11 is 0. The molecule has 1 heterocycles. The van der Waals surface area contributed by atoms with E-state index in [1.54, 1.807) is 6.08 Å². The number of nitriles is 2. The second-order valence-electron chi connectivity index (χ2n) is 7.86. The monoisotopic (exact) mass is 430 g/mol. The first-order chi connectivity index (χ1) is 16.2. The molecule has 4 rings (SSSR count). The van der Waals surface area contributed by atoms with Gasteiger partial charge in [-0.3, -0.25) is 4.79 Å². The smallest absolute Gasteiger partial charge is 0.156 e. The summed E-state index contributed by atoms with van der Waals surface area (Å²) in [5.74, 6) is 0.0556. The van der Waals surface area contributed by atoms with Gasteiger partial charge in [0.1, 0.15) is 23.5 Å². The molecule has 160 valence electrons. The number of rotatable bonds is 6. The zero-order valence-electron chi connectivity index (χ0n) is 18.0. The Balaban J connectivity index is 1.74. The molecule has 2 atom stereocenters. The minimum atomic E-state index is -0.314. The summed E-state index contributed by atoms with van der Waals surface area (Å²) in [6.45, 7) is 0.286. The lowest BCUT2D eigenvalue weighted by Gasteiger charge is -2.34. The molecular formula is C29H22N2O2. The zero-order chi connectivity index (χ0) is 23.0. The highest BCUT2D eigenvalue weighted by molar-refractivity contribution is 5.94. The molecule has 0 aliphatic carbocycles. The average Bonchev–Trinajstić information content (AvgIpc) is 2.88. The van der Waals surface area contributed by atoms with E-state index < -0.39 is 0 Å². The van der Waals surface area contributed by atoms with Crippen LogP contribution in [-0.4, -0.2) is 12.4 Å². The standard InChI is InChI=1S/C29H22N2O2/c30-18-23(19-31)29-25-13-7-8-14-28(25)33-20-27(29)26(22-11-5-2-6-12-22)17-24(32)16-15-21-9-3-1-4-10-21/h1-16,26-27H,17,20H2/b16-15+/t26-,27+/m0/s1. The Morgan fingerprint density at radius 3 is 2.27 bits per heavy atom. The van der Waals surface area contributed by atoms with Gasteiger partial charge in [-0.1, -0.05) is 84.9 Å². The summed E-state index contributed by atoms with van der Waals surface area (Å²) in [6, 6.07) is 31.0. The van der Waals surface area contributed by atoms with Gasteiger partial charge in [-0.25, -0.2) is 0 Å². The maximum Gasteiger partial charge on any atom is 0.156 e. The SMILES string of the molecule is N#CC(C#N)=C1c2ccccc2OC[C@@H]1[C@@H](CC(=O)/C=C/c1ccccc1)c1ccccc1. The molecule has 0 saturated carbocycles. The number of para-hydroxylation sites is 1. The predicted molar refractivity (Wildman–Crippen MR) is 128 cm³/mol. The molecule has 1 aliphatic rings. The molecule has 0 fully saturated rings. The van der Waals surface area contributed by atoms with Crippen LogP contribution < -0.4 is 4.74 Å². The highest BCUT2D eigenvalue weighted by Gasteiger charge is 2.35. The maximum absolute atomic E-state index is 13.0. The van der Waals surface area contributed by atoms with E-state index in [0.717, 1.165) is 16.7 Å². The van der Waals surface area contributed by atoms with E-state index in [4.69, 9.17) is 4.74 Å². The molecule has 3 aromatic carbocycles. The molecule has 0 aromatic heterocycles. The van der Waals surface area contributed by atoms with E-state index in [1.165, 1.54) is 0 Å². The van der Waals surface area contributed by atoms with Crippen LogP contribution in [0.15, 0.2) is 96.6 Å². The third-order valence-electron chi connectivity index (χ3n) is 5.86.